The van der Waals surface area contributed by atoms with E-state index in [0.717, 1.165) is 18.9 Å². The molecule has 0 spiro atoms. The summed E-state index contributed by atoms with van der Waals surface area (Å²) in [6, 6.07) is 2.64. The lowest BCUT2D eigenvalue weighted by Gasteiger charge is -2.26. The summed E-state index contributed by atoms with van der Waals surface area (Å²) in [5.74, 6) is 0.979. The van der Waals surface area contributed by atoms with Crippen LogP contribution in [0.25, 0.3) is 0 Å². The van der Waals surface area contributed by atoms with Crippen LogP contribution in [-0.2, 0) is 0 Å². The van der Waals surface area contributed by atoms with Crippen LogP contribution in [0.2, 0.25) is 0 Å². The Morgan fingerprint density at radius 2 is 2.31 bits per heavy atom. The van der Waals surface area contributed by atoms with Crippen molar-refractivity contribution in [2.75, 3.05) is 6.54 Å². The number of hydrogen-bond donors (Lipinski definition) is 1. The van der Waals surface area contributed by atoms with Crippen molar-refractivity contribution in [3.63, 3.8) is 0 Å². The molecule has 1 aliphatic carbocycles. The summed E-state index contributed by atoms with van der Waals surface area (Å²) in [7, 11) is 0. The summed E-state index contributed by atoms with van der Waals surface area (Å²) in [6.07, 6.45) is 7.31. The molecule has 1 saturated carbocycles. The summed E-state index contributed by atoms with van der Waals surface area (Å²) in [4.78, 5) is 0. The monoisotopic (exact) mass is 180 g/mol. The van der Waals surface area contributed by atoms with E-state index >= 15 is 0 Å². The molecule has 74 valence electrons. The zero-order chi connectivity index (χ0) is 9.52. The first-order valence-electron chi connectivity index (χ1n) is 5.47. The van der Waals surface area contributed by atoms with E-state index in [1.165, 1.54) is 25.7 Å². The van der Waals surface area contributed by atoms with Crippen molar-refractivity contribution < 1.29 is 0 Å². The van der Waals surface area contributed by atoms with E-state index in [-0.39, 0.29) is 0 Å². The van der Waals surface area contributed by atoms with Crippen molar-refractivity contribution in [3.05, 3.63) is 0 Å². The largest absolute Gasteiger partial charge is 0.313 e. The highest BCUT2D eigenvalue weighted by molar-refractivity contribution is 4.80. The first-order valence-corrected chi connectivity index (χ1v) is 5.47. The third-order valence-corrected chi connectivity index (χ3v) is 3.04. The molecule has 0 aromatic rings. The fraction of sp³-hybridized carbons (Fsp3) is 0.909. The van der Waals surface area contributed by atoms with Gasteiger partial charge in [0.25, 0.3) is 0 Å². The molecule has 1 unspecified atom stereocenters. The van der Waals surface area contributed by atoms with Crippen molar-refractivity contribution in [2.45, 2.75) is 51.5 Å². The third kappa shape index (κ3) is 3.78. The lowest BCUT2D eigenvalue weighted by molar-refractivity contribution is 0.286. The molecule has 0 radical (unpaired) electrons. The van der Waals surface area contributed by atoms with Gasteiger partial charge < -0.3 is 5.32 Å². The van der Waals surface area contributed by atoms with Crippen molar-refractivity contribution in [1.82, 2.24) is 5.32 Å². The topological polar surface area (TPSA) is 35.8 Å². The van der Waals surface area contributed by atoms with Gasteiger partial charge in [-0.3, -0.25) is 0 Å². The van der Waals surface area contributed by atoms with E-state index in [1.54, 1.807) is 0 Å². The quantitative estimate of drug-likeness (QED) is 0.681. The molecular weight excluding hydrogens is 160 g/mol. The molecule has 0 saturated heterocycles. The fourth-order valence-electron chi connectivity index (χ4n) is 1.74. The number of nitriles is 1. The van der Waals surface area contributed by atoms with E-state index < -0.39 is 0 Å². The maximum absolute atomic E-state index is 8.54. The maximum Gasteiger partial charge on any atom is 0.0638 e. The second-order valence-corrected chi connectivity index (χ2v) is 4.01. The zero-order valence-electron chi connectivity index (χ0n) is 8.55. The van der Waals surface area contributed by atoms with E-state index in [2.05, 4.69) is 18.3 Å². The van der Waals surface area contributed by atoms with Gasteiger partial charge in [0.2, 0.25) is 0 Å². The minimum Gasteiger partial charge on any atom is -0.313 e. The van der Waals surface area contributed by atoms with Gasteiger partial charge in [-0.1, -0.05) is 26.2 Å². The second kappa shape index (κ2) is 5.99. The molecule has 2 nitrogen and oxygen atoms in total. The highest BCUT2D eigenvalue weighted by atomic mass is 14.9. The Morgan fingerprint density at radius 3 is 2.77 bits per heavy atom. The molecule has 1 atom stereocenters. The third-order valence-electron chi connectivity index (χ3n) is 3.04. The standard InChI is InChI=1S/C11H20N2/c1-2-11(6-8-12)13-9-7-10-4-3-5-10/h10-11,13H,2-7,9H2,1H3. The smallest absolute Gasteiger partial charge is 0.0638 e. The minimum atomic E-state index is 0.421. The van der Waals surface area contributed by atoms with Crippen LogP contribution < -0.4 is 5.32 Å². The Morgan fingerprint density at radius 1 is 1.54 bits per heavy atom. The lowest BCUT2D eigenvalue weighted by atomic mass is 9.83. The van der Waals surface area contributed by atoms with Gasteiger partial charge >= 0.3 is 0 Å². The predicted octanol–water partition coefficient (Wildman–Crippen LogP) is 2.46. The Bertz CT molecular complexity index is 167. The normalized spacial score (nSPS) is 19.1. The Hall–Kier alpha value is -0.550. The van der Waals surface area contributed by atoms with Crippen LogP contribution >= 0.6 is 0 Å². The van der Waals surface area contributed by atoms with Gasteiger partial charge in [-0.15, -0.1) is 0 Å². The van der Waals surface area contributed by atoms with Crippen LogP contribution in [0.15, 0.2) is 0 Å². The summed E-state index contributed by atoms with van der Waals surface area (Å²) >= 11 is 0. The maximum atomic E-state index is 8.54. The average molecular weight is 180 g/mol. The first-order chi connectivity index (χ1) is 6.36. The van der Waals surface area contributed by atoms with Gasteiger partial charge in [-0.2, -0.15) is 5.26 Å². The molecule has 2 heteroatoms. The van der Waals surface area contributed by atoms with Crippen LogP contribution in [-0.4, -0.2) is 12.6 Å². The van der Waals surface area contributed by atoms with Crippen molar-refractivity contribution in [2.24, 2.45) is 5.92 Å². The van der Waals surface area contributed by atoms with Crippen LogP contribution in [0, 0.1) is 17.2 Å². The van der Waals surface area contributed by atoms with Gasteiger partial charge in [-0.05, 0) is 25.3 Å². The first kappa shape index (κ1) is 10.5. The van der Waals surface area contributed by atoms with Gasteiger partial charge in [0.05, 0.1) is 12.5 Å². The molecule has 13 heavy (non-hydrogen) atoms. The predicted molar refractivity (Wildman–Crippen MR) is 54.3 cm³/mol. The van der Waals surface area contributed by atoms with Gasteiger partial charge in [0, 0.05) is 6.04 Å². The lowest BCUT2D eigenvalue weighted by Crippen LogP contribution is -2.30. The molecule has 0 aromatic heterocycles. The summed E-state index contributed by atoms with van der Waals surface area (Å²) in [6.45, 7) is 3.24. The number of hydrogen-bond acceptors (Lipinski definition) is 2. The fourth-order valence-corrected chi connectivity index (χ4v) is 1.74. The molecule has 1 N–H and O–H groups in total. The van der Waals surface area contributed by atoms with E-state index in [9.17, 15) is 0 Å². The van der Waals surface area contributed by atoms with E-state index in [0.29, 0.717) is 12.5 Å². The summed E-state index contributed by atoms with van der Waals surface area (Å²) < 4.78 is 0. The van der Waals surface area contributed by atoms with Gasteiger partial charge in [0.1, 0.15) is 0 Å². The van der Waals surface area contributed by atoms with Crippen LogP contribution in [0.4, 0.5) is 0 Å². The number of nitrogens with one attached hydrogen (secondary N) is 1. The molecule has 1 fully saturated rings. The number of rotatable bonds is 6. The minimum absolute atomic E-state index is 0.421. The number of nitrogens with zero attached hydrogens (tertiary/aromatic N) is 1. The van der Waals surface area contributed by atoms with E-state index in [1.807, 2.05) is 0 Å². The van der Waals surface area contributed by atoms with Crippen molar-refractivity contribution in [3.8, 4) is 6.07 Å². The molecule has 0 aromatic carbocycles. The Kier molecular flexibility index (Phi) is 4.85. The van der Waals surface area contributed by atoms with Crippen LogP contribution in [0.3, 0.4) is 0 Å². The molecular formula is C11H20N2. The van der Waals surface area contributed by atoms with Gasteiger partial charge in [0.15, 0.2) is 0 Å². The molecule has 1 aliphatic rings. The molecule has 0 aliphatic heterocycles. The molecule has 0 heterocycles. The summed E-state index contributed by atoms with van der Waals surface area (Å²) in [5, 5.41) is 12.0. The average Bonchev–Trinajstić information content (AvgIpc) is 2.07. The highest BCUT2D eigenvalue weighted by Crippen LogP contribution is 2.28. The van der Waals surface area contributed by atoms with Crippen LogP contribution in [0.1, 0.15) is 45.4 Å². The van der Waals surface area contributed by atoms with Crippen molar-refractivity contribution in [1.29, 1.82) is 5.26 Å². The Balaban J connectivity index is 1.98. The second-order valence-electron chi connectivity index (χ2n) is 4.01. The van der Waals surface area contributed by atoms with Gasteiger partial charge in [-0.25, -0.2) is 0 Å². The molecule has 0 bridgehead atoms. The summed E-state index contributed by atoms with van der Waals surface area (Å²) in [5.41, 5.74) is 0. The zero-order valence-corrected chi connectivity index (χ0v) is 8.55. The van der Waals surface area contributed by atoms with Crippen molar-refractivity contribution >= 4 is 0 Å². The van der Waals surface area contributed by atoms with E-state index in [4.69, 9.17) is 5.26 Å². The SMILES string of the molecule is CCC(CC#N)NCCC1CCC1. The highest BCUT2D eigenvalue weighted by Gasteiger charge is 2.16. The van der Waals surface area contributed by atoms with Crippen LogP contribution in [0.5, 0.6) is 0 Å². The molecule has 1 rings (SSSR count). The molecule has 0 amide bonds. The Labute approximate surface area is 81.3 Å².